The summed E-state index contributed by atoms with van der Waals surface area (Å²) in [7, 11) is 1.60. The third-order valence-corrected chi connectivity index (χ3v) is 7.00. The van der Waals surface area contributed by atoms with Crippen LogP contribution in [0.3, 0.4) is 0 Å². The van der Waals surface area contributed by atoms with Crippen molar-refractivity contribution in [2.75, 3.05) is 50.2 Å². The Labute approximate surface area is 267 Å². The van der Waals surface area contributed by atoms with Gasteiger partial charge in [0.25, 0.3) is 5.91 Å². The minimum absolute atomic E-state index is 0.0615. The number of aromatic nitrogens is 1. The molecule has 0 aliphatic carbocycles. The number of ether oxygens (including phenoxy) is 5. The van der Waals surface area contributed by atoms with E-state index in [1.807, 2.05) is 51.1 Å². The van der Waals surface area contributed by atoms with Crippen LogP contribution < -0.4 is 35.1 Å². The number of benzene rings is 2. The highest BCUT2D eigenvalue weighted by Crippen LogP contribution is 2.32. The molecule has 1 fully saturated rings. The predicted molar refractivity (Wildman–Crippen MR) is 170 cm³/mol. The molecule has 1 aromatic heterocycles. The first-order valence-corrected chi connectivity index (χ1v) is 15.1. The van der Waals surface area contributed by atoms with Gasteiger partial charge in [0.15, 0.2) is 18.2 Å². The van der Waals surface area contributed by atoms with Crippen LogP contribution in [0.5, 0.6) is 17.2 Å². The maximum absolute atomic E-state index is 12.5. The second kappa shape index (κ2) is 14.4. The van der Waals surface area contributed by atoms with Crippen LogP contribution in [0.15, 0.2) is 54.6 Å². The Morgan fingerprint density at radius 2 is 1.89 bits per heavy atom. The van der Waals surface area contributed by atoms with Gasteiger partial charge in [-0.05, 0) is 80.8 Å². The molecule has 3 amide bonds. The van der Waals surface area contributed by atoms with Gasteiger partial charge in [0.05, 0.1) is 20.2 Å². The summed E-state index contributed by atoms with van der Waals surface area (Å²) in [5.41, 5.74) is 2.44. The Bertz CT molecular complexity index is 1570. The molecular weight excluding hydrogens is 594 g/mol. The minimum atomic E-state index is -0.566. The summed E-state index contributed by atoms with van der Waals surface area (Å²) in [6.45, 7) is 7.53. The van der Waals surface area contributed by atoms with Crippen LogP contribution >= 0.6 is 0 Å². The number of anilines is 2. The maximum atomic E-state index is 12.5. The molecule has 13 nitrogen and oxygen atoms in total. The molecule has 0 spiro atoms. The molecule has 3 N–H and O–H groups in total. The Balaban J connectivity index is 1.11. The van der Waals surface area contributed by atoms with Gasteiger partial charge in [0, 0.05) is 12.6 Å². The summed E-state index contributed by atoms with van der Waals surface area (Å²) >= 11 is 0. The number of methoxy groups -OCH3 is 1. The van der Waals surface area contributed by atoms with E-state index < -0.39 is 17.8 Å². The Morgan fingerprint density at radius 1 is 1.07 bits per heavy atom. The van der Waals surface area contributed by atoms with Crippen molar-refractivity contribution in [3.63, 3.8) is 0 Å². The molecule has 0 bridgehead atoms. The van der Waals surface area contributed by atoms with Gasteiger partial charge in [0.1, 0.15) is 35.6 Å². The summed E-state index contributed by atoms with van der Waals surface area (Å²) < 4.78 is 27.5. The maximum Gasteiger partial charge on any atom is 0.415 e. The topological polar surface area (TPSA) is 150 Å². The number of rotatable bonds is 12. The van der Waals surface area contributed by atoms with Crippen molar-refractivity contribution in [3.8, 4) is 28.4 Å². The lowest BCUT2D eigenvalue weighted by molar-refractivity contribution is -0.118. The van der Waals surface area contributed by atoms with E-state index in [2.05, 4.69) is 27.0 Å². The third kappa shape index (κ3) is 8.78. The summed E-state index contributed by atoms with van der Waals surface area (Å²) in [5.74, 6) is 2.13. The average molecular weight is 634 g/mol. The number of pyridine rings is 1. The lowest BCUT2D eigenvalue weighted by atomic mass is 10.0. The predicted octanol–water partition coefficient (Wildman–Crippen LogP) is 4.50. The van der Waals surface area contributed by atoms with Crippen molar-refractivity contribution < 1.29 is 38.1 Å². The third-order valence-electron chi connectivity index (χ3n) is 7.00. The number of fused-ring (bicyclic) bond motifs is 1. The summed E-state index contributed by atoms with van der Waals surface area (Å²) in [6, 6.07) is 17.2. The molecular formula is C33H39N5O8. The van der Waals surface area contributed by atoms with Crippen molar-refractivity contribution in [2.24, 2.45) is 0 Å². The van der Waals surface area contributed by atoms with Gasteiger partial charge in [0.2, 0.25) is 0 Å². The van der Waals surface area contributed by atoms with Crippen LogP contribution in [0.4, 0.5) is 21.2 Å². The summed E-state index contributed by atoms with van der Waals surface area (Å²) in [4.78, 5) is 41.9. The number of carbonyl (C=O) groups excluding carboxylic acids is 3. The van der Waals surface area contributed by atoms with Gasteiger partial charge >= 0.3 is 12.2 Å². The lowest BCUT2D eigenvalue weighted by Crippen LogP contribution is -2.34. The van der Waals surface area contributed by atoms with Crippen molar-refractivity contribution >= 4 is 29.7 Å². The first-order valence-electron chi connectivity index (χ1n) is 15.1. The standard InChI is InChI=1S/C33H39N5O8/c1-33(2,3)46-31(40)35-12-13-43-26-16-23(15-25(17-26)42-4)22-7-5-6-21(14-22)18-34-11-10-24-19-38(32(41)45-24)28-9-8-27-30(36-28)37-29(39)20-44-27/h5-9,14-17,24,34H,10-13,18-20H2,1-4H3,(H,35,40)(H,36,37,39)/t24-/m0/s1. The molecule has 3 aromatic rings. The van der Waals surface area contributed by atoms with Gasteiger partial charge in [-0.3, -0.25) is 9.69 Å². The SMILES string of the molecule is COc1cc(OCCNC(=O)OC(C)(C)C)cc(-c2cccc(CNCC[C@H]3CN(c4ccc5c(n4)NC(=O)CO5)C(=O)O3)c2)c1. The zero-order chi connectivity index (χ0) is 32.7. The molecule has 1 atom stereocenters. The van der Waals surface area contributed by atoms with E-state index in [1.54, 1.807) is 25.3 Å². The molecule has 0 unspecified atom stereocenters. The summed E-state index contributed by atoms with van der Waals surface area (Å²) in [5, 5.41) is 8.77. The van der Waals surface area contributed by atoms with Gasteiger partial charge in [-0.1, -0.05) is 18.2 Å². The highest BCUT2D eigenvalue weighted by Gasteiger charge is 2.33. The molecule has 2 aliphatic rings. The van der Waals surface area contributed by atoms with Crippen LogP contribution in [-0.2, 0) is 20.8 Å². The molecule has 0 saturated carbocycles. The number of cyclic esters (lactones) is 1. The molecule has 46 heavy (non-hydrogen) atoms. The molecule has 13 heteroatoms. The second-order valence-corrected chi connectivity index (χ2v) is 11.8. The van der Waals surface area contributed by atoms with E-state index in [0.29, 0.717) is 61.5 Å². The molecule has 2 aliphatic heterocycles. The number of hydrogen-bond acceptors (Lipinski definition) is 10. The molecule has 5 rings (SSSR count). The highest BCUT2D eigenvalue weighted by molar-refractivity contribution is 5.95. The number of nitrogens with one attached hydrogen (secondary N) is 3. The van der Waals surface area contributed by atoms with E-state index in [0.717, 1.165) is 16.7 Å². The number of carbonyl (C=O) groups is 3. The zero-order valence-corrected chi connectivity index (χ0v) is 26.4. The number of nitrogens with zero attached hydrogens (tertiary/aromatic N) is 2. The van der Waals surface area contributed by atoms with Gasteiger partial charge in [-0.15, -0.1) is 0 Å². The van der Waals surface area contributed by atoms with Gasteiger partial charge < -0.3 is 39.6 Å². The van der Waals surface area contributed by atoms with E-state index in [4.69, 9.17) is 23.7 Å². The van der Waals surface area contributed by atoms with Crippen LogP contribution in [0, 0.1) is 0 Å². The fourth-order valence-corrected chi connectivity index (χ4v) is 4.90. The van der Waals surface area contributed by atoms with E-state index in [9.17, 15) is 14.4 Å². The normalized spacial score (nSPS) is 15.7. The van der Waals surface area contributed by atoms with Crippen LogP contribution in [0.2, 0.25) is 0 Å². The smallest absolute Gasteiger partial charge is 0.415 e. The first kappa shape index (κ1) is 32.4. The van der Waals surface area contributed by atoms with Gasteiger partial charge in [-0.2, -0.15) is 0 Å². The van der Waals surface area contributed by atoms with E-state index >= 15 is 0 Å². The summed E-state index contributed by atoms with van der Waals surface area (Å²) in [6.07, 6.45) is -0.653. The highest BCUT2D eigenvalue weighted by atomic mass is 16.6. The van der Waals surface area contributed by atoms with Crippen molar-refractivity contribution in [3.05, 3.63) is 60.2 Å². The molecule has 244 valence electrons. The second-order valence-electron chi connectivity index (χ2n) is 11.8. The van der Waals surface area contributed by atoms with Crippen LogP contribution in [-0.4, -0.2) is 74.7 Å². The molecule has 3 heterocycles. The monoisotopic (exact) mass is 633 g/mol. The van der Waals surface area contributed by atoms with Crippen molar-refractivity contribution in [2.45, 2.75) is 45.4 Å². The largest absolute Gasteiger partial charge is 0.497 e. The molecule has 1 saturated heterocycles. The Hall–Kier alpha value is -5.04. The first-order chi connectivity index (χ1) is 22.1. The van der Waals surface area contributed by atoms with Crippen LogP contribution in [0.25, 0.3) is 11.1 Å². The minimum Gasteiger partial charge on any atom is -0.497 e. The number of hydrogen-bond donors (Lipinski definition) is 3. The Morgan fingerprint density at radius 3 is 2.70 bits per heavy atom. The number of alkyl carbamates (subject to hydrolysis) is 1. The fraction of sp³-hybridized carbons (Fsp3) is 0.394. The lowest BCUT2D eigenvalue weighted by Gasteiger charge is -2.19. The van der Waals surface area contributed by atoms with Crippen LogP contribution in [0.1, 0.15) is 32.8 Å². The van der Waals surface area contributed by atoms with E-state index in [-0.39, 0.29) is 25.2 Å². The Kier molecular flexibility index (Phi) is 10.1. The average Bonchev–Trinajstić information content (AvgIpc) is 3.40. The quantitative estimate of drug-likeness (QED) is 0.244. The molecule has 2 aromatic carbocycles. The molecule has 0 radical (unpaired) electrons. The van der Waals surface area contributed by atoms with E-state index in [1.165, 1.54) is 4.90 Å². The van der Waals surface area contributed by atoms with Crippen molar-refractivity contribution in [1.82, 2.24) is 15.6 Å². The van der Waals surface area contributed by atoms with Gasteiger partial charge in [-0.25, -0.2) is 14.6 Å². The fourth-order valence-electron chi connectivity index (χ4n) is 4.90. The zero-order valence-electron chi connectivity index (χ0n) is 26.4. The van der Waals surface area contributed by atoms with Crippen molar-refractivity contribution in [1.29, 1.82) is 0 Å². The number of amides is 3.